The van der Waals surface area contributed by atoms with Gasteiger partial charge >= 0.3 is 0 Å². The topological polar surface area (TPSA) is 28.9 Å². The summed E-state index contributed by atoms with van der Waals surface area (Å²) in [5.41, 5.74) is 12.3. The predicted molar refractivity (Wildman–Crippen MR) is 174 cm³/mol. The maximum atomic E-state index is 6.30. The zero-order valence-electron chi connectivity index (χ0n) is 24.6. The molecule has 202 valence electrons. The molecule has 1 aliphatic carbocycles. The summed E-state index contributed by atoms with van der Waals surface area (Å²) >= 11 is 0. The van der Waals surface area contributed by atoms with Crippen LogP contribution < -0.4 is 0 Å². The first-order chi connectivity index (χ1) is 19.6. The highest BCUT2D eigenvalue weighted by atomic mass is 16.3. The lowest BCUT2D eigenvalue weighted by molar-refractivity contribution is 0.125. The average molecular weight is 534 g/mol. The molecular weight excluding hydrogens is 498 g/mol. The van der Waals surface area contributed by atoms with Crippen LogP contribution >= 0.6 is 0 Å². The summed E-state index contributed by atoms with van der Waals surface area (Å²) in [6, 6.07) is 35.3. The fourth-order valence-corrected chi connectivity index (χ4v) is 7.43. The molecule has 0 aliphatic heterocycles. The monoisotopic (exact) mass is 533 g/mol. The summed E-state index contributed by atoms with van der Waals surface area (Å²) in [7, 11) is 0. The van der Waals surface area contributed by atoms with E-state index >= 15 is 0 Å². The second-order valence-electron chi connectivity index (χ2n) is 13.6. The Hall–Kier alpha value is -4.30. The van der Waals surface area contributed by atoms with Crippen molar-refractivity contribution in [3.05, 3.63) is 108 Å². The minimum Gasteiger partial charge on any atom is -0.455 e. The van der Waals surface area contributed by atoms with Gasteiger partial charge in [0.25, 0.3) is 0 Å². The molecule has 2 heteroatoms. The molecule has 2 heterocycles. The van der Waals surface area contributed by atoms with Gasteiger partial charge in [-0.25, -0.2) is 0 Å². The van der Waals surface area contributed by atoms with Crippen LogP contribution in [0.2, 0.25) is 0 Å². The van der Waals surface area contributed by atoms with Crippen LogP contribution in [0.4, 0.5) is 0 Å². The van der Waals surface area contributed by atoms with Gasteiger partial charge in [0, 0.05) is 38.1 Å². The van der Waals surface area contributed by atoms with Crippen molar-refractivity contribution in [3.63, 3.8) is 0 Å². The van der Waals surface area contributed by atoms with Gasteiger partial charge in [0.2, 0.25) is 0 Å². The fourth-order valence-electron chi connectivity index (χ4n) is 7.43. The summed E-state index contributed by atoms with van der Waals surface area (Å²) in [4.78, 5) is 3.73. The van der Waals surface area contributed by atoms with Crippen LogP contribution in [0.15, 0.2) is 101 Å². The number of nitrogens with one attached hydrogen (secondary N) is 1. The van der Waals surface area contributed by atoms with E-state index in [0.29, 0.717) is 0 Å². The van der Waals surface area contributed by atoms with E-state index in [4.69, 9.17) is 4.42 Å². The molecule has 8 rings (SSSR count). The molecule has 2 nitrogen and oxygen atoms in total. The van der Waals surface area contributed by atoms with E-state index in [1.165, 1.54) is 44.1 Å². The SMILES string of the molecule is CC1(C)c2cc3[nH]c4ccc(-c5ccc(-c6cccc7c6oc6ccccc67)cc5)cc4c3cc2C(C)(C)C1(C)C. The van der Waals surface area contributed by atoms with Gasteiger partial charge in [-0.15, -0.1) is 0 Å². The highest BCUT2D eigenvalue weighted by Gasteiger charge is 2.56. The molecule has 1 aliphatic rings. The number of hydrogen-bond donors (Lipinski definition) is 1. The van der Waals surface area contributed by atoms with Gasteiger partial charge < -0.3 is 9.40 Å². The normalized spacial score (nSPS) is 17.1. The van der Waals surface area contributed by atoms with Gasteiger partial charge in [-0.05, 0) is 74.4 Å². The van der Waals surface area contributed by atoms with Gasteiger partial charge in [0.15, 0.2) is 0 Å². The lowest BCUT2D eigenvalue weighted by atomic mass is 9.59. The van der Waals surface area contributed by atoms with Crippen LogP contribution in [0, 0.1) is 5.41 Å². The Morgan fingerprint density at radius 2 is 1.15 bits per heavy atom. The lowest BCUT2D eigenvalue weighted by Gasteiger charge is -2.44. The number of para-hydroxylation sites is 2. The van der Waals surface area contributed by atoms with E-state index in [0.717, 1.165) is 33.1 Å². The average Bonchev–Trinajstić information content (AvgIpc) is 3.56. The molecule has 0 spiro atoms. The van der Waals surface area contributed by atoms with E-state index in [9.17, 15) is 0 Å². The Bertz CT molecular complexity index is 2170. The van der Waals surface area contributed by atoms with Crippen molar-refractivity contribution in [2.24, 2.45) is 5.41 Å². The van der Waals surface area contributed by atoms with Gasteiger partial charge in [0.1, 0.15) is 11.2 Å². The molecule has 41 heavy (non-hydrogen) atoms. The van der Waals surface area contributed by atoms with E-state index in [-0.39, 0.29) is 16.2 Å². The van der Waals surface area contributed by atoms with Crippen molar-refractivity contribution in [1.82, 2.24) is 4.98 Å². The van der Waals surface area contributed by atoms with Crippen molar-refractivity contribution in [2.75, 3.05) is 0 Å². The second kappa shape index (κ2) is 7.91. The van der Waals surface area contributed by atoms with E-state index in [1.807, 2.05) is 12.1 Å². The first kappa shape index (κ1) is 24.5. The molecular formula is C39H35NO. The zero-order chi connectivity index (χ0) is 28.3. The maximum Gasteiger partial charge on any atom is 0.143 e. The Morgan fingerprint density at radius 1 is 0.512 bits per heavy atom. The van der Waals surface area contributed by atoms with Crippen LogP contribution in [0.3, 0.4) is 0 Å². The van der Waals surface area contributed by atoms with Gasteiger partial charge in [-0.2, -0.15) is 0 Å². The Morgan fingerprint density at radius 3 is 1.93 bits per heavy atom. The third-order valence-corrected chi connectivity index (χ3v) is 11.1. The van der Waals surface area contributed by atoms with Gasteiger partial charge in [0.05, 0.1) is 0 Å². The smallest absolute Gasteiger partial charge is 0.143 e. The number of aromatic amines is 1. The van der Waals surface area contributed by atoms with Crippen LogP contribution in [-0.4, -0.2) is 4.98 Å². The predicted octanol–water partition coefficient (Wildman–Crippen LogP) is 11.1. The Labute approximate surface area is 241 Å². The van der Waals surface area contributed by atoms with E-state index < -0.39 is 0 Å². The number of H-pyrrole nitrogens is 1. The molecule has 2 aromatic heterocycles. The molecule has 0 saturated carbocycles. The van der Waals surface area contributed by atoms with Gasteiger partial charge in [-0.1, -0.05) is 108 Å². The third kappa shape index (κ3) is 3.14. The summed E-state index contributed by atoms with van der Waals surface area (Å²) in [6.45, 7) is 14.5. The summed E-state index contributed by atoms with van der Waals surface area (Å²) in [5, 5.41) is 4.92. The van der Waals surface area contributed by atoms with Crippen LogP contribution in [0.25, 0.3) is 66.0 Å². The molecule has 0 amide bonds. The fraction of sp³-hybridized carbons (Fsp3) is 0.231. The Kier molecular flexibility index (Phi) is 4.73. The molecule has 0 bridgehead atoms. The first-order valence-corrected chi connectivity index (χ1v) is 14.7. The van der Waals surface area contributed by atoms with E-state index in [1.54, 1.807) is 0 Å². The molecule has 0 saturated heterocycles. The highest BCUT2D eigenvalue weighted by Crippen LogP contribution is 2.62. The minimum atomic E-state index is 0.0831. The Balaban J connectivity index is 1.22. The van der Waals surface area contributed by atoms with Crippen molar-refractivity contribution in [3.8, 4) is 22.3 Å². The van der Waals surface area contributed by atoms with E-state index in [2.05, 4.69) is 131 Å². The minimum absolute atomic E-state index is 0.0831. The number of benzene rings is 5. The van der Waals surface area contributed by atoms with Crippen LogP contribution in [0.5, 0.6) is 0 Å². The number of rotatable bonds is 2. The number of furan rings is 1. The lowest BCUT2D eigenvalue weighted by Crippen LogP contribution is -2.42. The molecule has 0 radical (unpaired) electrons. The van der Waals surface area contributed by atoms with Crippen LogP contribution in [-0.2, 0) is 10.8 Å². The number of aromatic nitrogens is 1. The highest BCUT2D eigenvalue weighted by molar-refractivity contribution is 6.10. The third-order valence-electron chi connectivity index (χ3n) is 11.1. The number of hydrogen-bond acceptors (Lipinski definition) is 1. The van der Waals surface area contributed by atoms with Crippen molar-refractivity contribution < 1.29 is 4.42 Å². The molecule has 0 unspecified atom stereocenters. The van der Waals surface area contributed by atoms with Crippen LogP contribution in [0.1, 0.15) is 52.7 Å². The second-order valence-corrected chi connectivity index (χ2v) is 13.6. The number of fused-ring (bicyclic) bond motifs is 7. The zero-order valence-corrected chi connectivity index (χ0v) is 24.6. The first-order valence-electron chi connectivity index (χ1n) is 14.7. The largest absolute Gasteiger partial charge is 0.455 e. The maximum absolute atomic E-state index is 6.30. The molecule has 0 atom stereocenters. The molecule has 1 N–H and O–H groups in total. The van der Waals surface area contributed by atoms with Gasteiger partial charge in [-0.3, -0.25) is 0 Å². The summed E-state index contributed by atoms with van der Waals surface area (Å²) in [6.07, 6.45) is 0. The van der Waals surface area contributed by atoms with Crippen molar-refractivity contribution in [1.29, 1.82) is 0 Å². The van der Waals surface area contributed by atoms with Crippen molar-refractivity contribution >= 4 is 43.7 Å². The molecule has 7 aromatic rings. The standard InChI is InChI=1S/C39H35NO/c1-37(2)31-21-30-29-20-25(18-19-33(29)40-34(30)22-32(31)38(3,4)39(37,5)6)23-14-16-24(17-15-23)26-11-9-12-28-27-10-7-8-13-35(27)41-36(26)28/h7-22,40H,1-6H3. The van der Waals surface area contributed by atoms with Crippen molar-refractivity contribution in [2.45, 2.75) is 52.4 Å². The molecule has 5 aromatic carbocycles. The summed E-state index contributed by atoms with van der Waals surface area (Å²) < 4.78 is 6.30. The molecule has 0 fully saturated rings. The quantitative estimate of drug-likeness (QED) is 0.235. The summed E-state index contributed by atoms with van der Waals surface area (Å²) in [5.74, 6) is 0.